The summed E-state index contributed by atoms with van der Waals surface area (Å²) >= 11 is 5.82. The predicted octanol–water partition coefficient (Wildman–Crippen LogP) is 3.92. The van der Waals surface area contributed by atoms with Crippen molar-refractivity contribution < 1.29 is 9.59 Å². The third kappa shape index (κ3) is 4.68. The van der Waals surface area contributed by atoms with Crippen molar-refractivity contribution in [1.82, 2.24) is 10.3 Å². The van der Waals surface area contributed by atoms with Crippen molar-refractivity contribution in [1.29, 1.82) is 0 Å². The third-order valence-electron chi connectivity index (χ3n) is 3.69. The van der Waals surface area contributed by atoms with Gasteiger partial charge >= 0.3 is 0 Å². The van der Waals surface area contributed by atoms with Crippen LogP contribution in [0, 0.1) is 0 Å². The van der Waals surface area contributed by atoms with Gasteiger partial charge in [0, 0.05) is 40.8 Å². The van der Waals surface area contributed by atoms with E-state index in [-0.39, 0.29) is 11.8 Å². The van der Waals surface area contributed by atoms with Crippen molar-refractivity contribution in [2.24, 2.45) is 0 Å². The van der Waals surface area contributed by atoms with Gasteiger partial charge < -0.3 is 10.6 Å². The lowest BCUT2D eigenvalue weighted by molar-refractivity contribution is 0.0949. The van der Waals surface area contributed by atoms with Crippen molar-refractivity contribution in [2.75, 3.05) is 5.32 Å². The van der Waals surface area contributed by atoms with E-state index in [9.17, 15) is 9.59 Å². The van der Waals surface area contributed by atoms with Crippen molar-refractivity contribution in [3.63, 3.8) is 0 Å². The minimum atomic E-state index is -0.255. The molecular formula is C20H16ClN3O2. The molecule has 0 radical (unpaired) electrons. The number of hydrogen-bond acceptors (Lipinski definition) is 3. The van der Waals surface area contributed by atoms with E-state index in [2.05, 4.69) is 15.6 Å². The van der Waals surface area contributed by atoms with E-state index in [1.165, 1.54) is 0 Å². The summed E-state index contributed by atoms with van der Waals surface area (Å²) in [6.45, 7) is 0.394. The standard InChI is InChI=1S/C20H16ClN3O2/c21-17-7-9-18(10-8-17)24-20(26)16-5-3-15(4-6-16)19(25)23-13-14-2-1-11-22-12-14/h1-12H,13H2,(H,23,25)(H,24,26). The van der Waals surface area contributed by atoms with Crippen LogP contribution in [0.3, 0.4) is 0 Å². The van der Waals surface area contributed by atoms with Gasteiger partial charge in [-0.2, -0.15) is 0 Å². The summed E-state index contributed by atoms with van der Waals surface area (Å²) < 4.78 is 0. The zero-order valence-electron chi connectivity index (χ0n) is 13.8. The average molecular weight is 366 g/mol. The zero-order chi connectivity index (χ0) is 18.4. The van der Waals surface area contributed by atoms with Crippen LogP contribution in [0.1, 0.15) is 26.3 Å². The predicted molar refractivity (Wildman–Crippen MR) is 101 cm³/mol. The van der Waals surface area contributed by atoms with Gasteiger partial charge in [-0.05, 0) is 60.2 Å². The molecule has 0 unspecified atom stereocenters. The first-order valence-corrected chi connectivity index (χ1v) is 8.34. The van der Waals surface area contributed by atoms with Crippen LogP contribution < -0.4 is 10.6 Å². The molecule has 0 fully saturated rings. The Morgan fingerprint density at radius 2 is 1.54 bits per heavy atom. The lowest BCUT2D eigenvalue weighted by atomic mass is 10.1. The molecule has 2 N–H and O–H groups in total. The van der Waals surface area contributed by atoms with Crippen LogP contribution in [-0.4, -0.2) is 16.8 Å². The second kappa shape index (κ2) is 8.27. The highest BCUT2D eigenvalue weighted by atomic mass is 35.5. The summed E-state index contributed by atoms with van der Waals surface area (Å²) in [5.74, 6) is -0.465. The summed E-state index contributed by atoms with van der Waals surface area (Å²) in [6.07, 6.45) is 3.38. The van der Waals surface area contributed by atoms with E-state index < -0.39 is 0 Å². The number of nitrogens with one attached hydrogen (secondary N) is 2. The lowest BCUT2D eigenvalue weighted by Gasteiger charge is -2.07. The molecule has 0 saturated heterocycles. The molecule has 130 valence electrons. The lowest BCUT2D eigenvalue weighted by Crippen LogP contribution is -2.23. The molecule has 0 aliphatic carbocycles. The van der Waals surface area contributed by atoms with Crippen LogP contribution in [0.25, 0.3) is 0 Å². The second-order valence-corrected chi connectivity index (χ2v) is 6.02. The number of anilines is 1. The Kier molecular flexibility index (Phi) is 5.61. The van der Waals surface area contributed by atoms with Gasteiger partial charge in [-0.3, -0.25) is 14.6 Å². The first-order chi connectivity index (χ1) is 12.6. The number of hydrogen-bond donors (Lipinski definition) is 2. The van der Waals surface area contributed by atoms with E-state index in [0.29, 0.717) is 28.4 Å². The Labute approximate surface area is 156 Å². The van der Waals surface area contributed by atoms with E-state index in [4.69, 9.17) is 11.6 Å². The second-order valence-electron chi connectivity index (χ2n) is 5.58. The van der Waals surface area contributed by atoms with Crippen LogP contribution in [0.4, 0.5) is 5.69 Å². The van der Waals surface area contributed by atoms with Gasteiger partial charge in [0.05, 0.1) is 0 Å². The molecule has 0 aliphatic rings. The quantitative estimate of drug-likeness (QED) is 0.720. The highest BCUT2D eigenvalue weighted by molar-refractivity contribution is 6.30. The number of halogens is 1. The summed E-state index contributed by atoms with van der Waals surface area (Å²) in [5.41, 5.74) is 2.51. The van der Waals surface area contributed by atoms with E-state index >= 15 is 0 Å². The van der Waals surface area contributed by atoms with Crippen LogP contribution in [-0.2, 0) is 6.54 Å². The van der Waals surface area contributed by atoms with Crippen LogP contribution in [0.2, 0.25) is 5.02 Å². The number of nitrogens with zero attached hydrogens (tertiary/aromatic N) is 1. The maximum atomic E-state index is 12.2. The fourth-order valence-electron chi connectivity index (χ4n) is 2.30. The van der Waals surface area contributed by atoms with Gasteiger partial charge in [0.15, 0.2) is 0 Å². The smallest absolute Gasteiger partial charge is 0.255 e. The van der Waals surface area contributed by atoms with E-state index in [1.807, 2.05) is 12.1 Å². The van der Waals surface area contributed by atoms with Crippen LogP contribution in [0.5, 0.6) is 0 Å². The maximum Gasteiger partial charge on any atom is 0.255 e. The molecule has 0 atom stereocenters. The van der Waals surface area contributed by atoms with Gasteiger partial charge in [-0.1, -0.05) is 17.7 Å². The van der Waals surface area contributed by atoms with Gasteiger partial charge in [0.2, 0.25) is 0 Å². The normalized spacial score (nSPS) is 10.2. The summed E-state index contributed by atoms with van der Waals surface area (Å²) in [5, 5.41) is 6.19. The van der Waals surface area contributed by atoms with Crippen LogP contribution in [0.15, 0.2) is 73.1 Å². The Bertz CT molecular complexity index is 895. The molecular weight excluding hydrogens is 350 g/mol. The Balaban J connectivity index is 1.59. The third-order valence-corrected chi connectivity index (χ3v) is 3.94. The molecule has 1 heterocycles. The molecule has 26 heavy (non-hydrogen) atoms. The molecule has 0 aliphatic heterocycles. The Morgan fingerprint density at radius 3 is 2.15 bits per heavy atom. The molecule has 0 bridgehead atoms. The Hall–Kier alpha value is -3.18. The van der Waals surface area contributed by atoms with E-state index in [0.717, 1.165) is 5.56 Å². The monoisotopic (exact) mass is 365 g/mol. The summed E-state index contributed by atoms with van der Waals surface area (Å²) in [4.78, 5) is 28.4. The molecule has 6 heteroatoms. The molecule has 2 aromatic carbocycles. The average Bonchev–Trinajstić information content (AvgIpc) is 2.69. The van der Waals surface area contributed by atoms with Crippen molar-refractivity contribution in [3.05, 3.63) is 94.8 Å². The number of benzene rings is 2. The number of amides is 2. The molecule has 5 nitrogen and oxygen atoms in total. The minimum Gasteiger partial charge on any atom is -0.348 e. The summed E-state index contributed by atoms with van der Waals surface area (Å²) in [6, 6.07) is 17.0. The largest absolute Gasteiger partial charge is 0.348 e. The molecule has 3 rings (SSSR count). The van der Waals surface area contributed by atoms with Gasteiger partial charge in [0.1, 0.15) is 0 Å². The fraction of sp³-hybridized carbons (Fsp3) is 0.0500. The molecule has 2 amide bonds. The highest BCUT2D eigenvalue weighted by Gasteiger charge is 2.09. The fourth-order valence-corrected chi connectivity index (χ4v) is 2.42. The SMILES string of the molecule is O=C(NCc1cccnc1)c1ccc(C(=O)Nc2ccc(Cl)cc2)cc1. The first-order valence-electron chi connectivity index (χ1n) is 7.96. The van der Waals surface area contributed by atoms with Crippen molar-refractivity contribution in [2.45, 2.75) is 6.54 Å². The van der Waals surface area contributed by atoms with Gasteiger partial charge in [-0.25, -0.2) is 0 Å². The topological polar surface area (TPSA) is 71.1 Å². The highest BCUT2D eigenvalue weighted by Crippen LogP contribution is 2.15. The number of aromatic nitrogens is 1. The van der Waals surface area contributed by atoms with Gasteiger partial charge in [0.25, 0.3) is 11.8 Å². The number of rotatable bonds is 5. The number of carbonyl (C=O) groups excluding carboxylic acids is 2. The minimum absolute atomic E-state index is 0.210. The number of pyridine rings is 1. The van der Waals surface area contributed by atoms with Gasteiger partial charge in [-0.15, -0.1) is 0 Å². The van der Waals surface area contributed by atoms with E-state index in [1.54, 1.807) is 60.9 Å². The Morgan fingerprint density at radius 1 is 0.885 bits per heavy atom. The number of carbonyl (C=O) groups is 2. The molecule has 0 saturated carbocycles. The molecule has 3 aromatic rings. The van der Waals surface area contributed by atoms with Crippen molar-refractivity contribution in [3.8, 4) is 0 Å². The first kappa shape index (κ1) is 17.6. The molecule has 0 spiro atoms. The maximum absolute atomic E-state index is 12.2. The molecule has 1 aromatic heterocycles. The zero-order valence-corrected chi connectivity index (χ0v) is 14.5. The van der Waals surface area contributed by atoms with Crippen LogP contribution >= 0.6 is 11.6 Å². The van der Waals surface area contributed by atoms with Crippen molar-refractivity contribution >= 4 is 29.1 Å². The summed E-state index contributed by atoms with van der Waals surface area (Å²) in [7, 11) is 0.